The number of nitrogens with zero attached hydrogens (tertiary/aromatic N) is 1. The lowest BCUT2D eigenvalue weighted by Gasteiger charge is -2.19. The fourth-order valence-corrected chi connectivity index (χ4v) is 2.00. The van der Waals surface area contributed by atoms with E-state index in [0.29, 0.717) is 6.61 Å². The third-order valence-electron chi connectivity index (χ3n) is 3.05. The Bertz CT molecular complexity index is 570. The average Bonchev–Trinajstić information content (AvgIpc) is 2.27. The van der Waals surface area contributed by atoms with E-state index >= 15 is 0 Å². The van der Waals surface area contributed by atoms with Gasteiger partial charge in [0, 0.05) is 18.2 Å². The summed E-state index contributed by atoms with van der Waals surface area (Å²) in [6.07, 6.45) is 0. The lowest BCUT2D eigenvalue weighted by atomic mass is 9.86. The standard InChI is InChI=1S/C15H20N2O/c1-15(2,3)10-5-6-14-12(7-10)13(16)8-11(17-14)9-18-4/h5-8H,9H2,1-4H3,(H2,16,17). The summed E-state index contributed by atoms with van der Waals surface area (Å²) in [5.74, 6) is 0. The molecule has 0 aliphatic heterocycles. The Morgan fingerprint density at radius 3 is 2.56 bits per heavy atom. The molecule has 0 saturated heterocycles. The van der Waals surface area contributed by atoms with Crippen molar-refractivity contribution in [2.45, 2.75) is 32.8 Å². The van der Waals surface area contributed by atoms with Gasteiger partial charge in [-0.1, -0.05) is 26.8 Å². The number of anilines is 1. The predicted molar refractivity (Wildman–Crippen MR) is 75.6 cm³/mol. The molecule has 0 spiro atoms. The fourth-order valence-electron chi connectivity index (χ4n) is 2.00. The van der Waals surface area contributed by atoms with E-state index in [9.17, 15) is 0 Å². The highest BCUT2D eigenvalue weighted by Gasteiger charge is 2.15. The molecule has 0 aliphatic rings. The molecule has 1 heterocycles. The van der Waals surface area contributed by atoms with Gasteiger partial charge < -0.3 is 10.5 Å². The van der Waals surface area contributed by atoms with Crippen LogP contribution in [0.2, 0.25) is 0 Å². The number of ether oxygens (including phenoxy) is 1. The van der Waals surface area contributed by atoms with Crippen LogP contribution in [-0.4, -0.2) is 12.1 Å². The van der Waals surface area contributed by atoms with Crippen LogP contribution in [0, 0.1) is 0 Å². The number of nitrogen functional groups attached to an aromatic ring is 1. The van der Waals surface area contributed by atoms with Crippen LogP contribution in [0.4, 0.5) is 5.69 Å². The van der Waals surface area contributed by atoms with Crippen molar-refractivity contribution >= 4 is 16.6 Å². The van der Waals surface area contributed by atoms with Crippen LogP contribution in [0.3, 0.4) is 0 Å². The minimum Gasteiger partial charge on any atom is -0.398 e. The molecular formula is C15H20N2O. The van der Waals surface area contributed by atoms with Gasteiger partial charge in [0.2, 0.25) is 0 Å². The maximum absolute atomic E-state index is 6.10. The van der Waals surface area contributed by atoms with Crippen LogP contribution in [0.15, 0.2) is 24.3 Å². The zero-order valence-corrected chi connectivity index (χ0v) is 11.4. The number of pyridine rings is 1. The van der Waals surface area contributed by atoms with E-state index in [0.717, 1.165) is 22.3 Å². The van der Waals surface area contributed by atoms with Crippen molar-refractivity contribution in [3.8, 4) is 0 Å². The van der Waals surface area contributed by atoms with Crippen molar-refractivity contribution in [1.29, 1.82) is 0 Å². The molecule has 18 heavy (non-hydrogen) atoms. The van der Waals surface area contributed by atoms with E-state index in [1.165, 1.54) is 5.56 Å². The number of aromatic nitrogens is 1. The second kappa shape index (κ2) is 4.58. The van der Waals surface area contributed by atoms with E-state index in [1.807, 2.05) is 12.1 Å². The molecular weight excluding hydrogens is 224 g/mol. The van der Waals surface area contributed by atoms with E-state index in [1.54, 1.807) is 7.11 Å². The molecule has 0 saturated carbocycles. The Hall–Kier alpha value is -1.61. The molecule has 0 aliphatic carbocycles. The van der Waals surface area contributed by atoms with Crippen molar-refractivity contribution in [2.24, 2.45) is 0 Å². The third kappa shape index (κ3) is 2.46. The Morgan fingerprint density at radius 2 is 1.94 bits per heavy atom. The van der Waals surface area contributed by atoms with Crippen LogP contribution in [0.5, 0.6) is 0 Å². The molecule has 0 bridgehead atoms. The largest absolute Gasteiger partial charge is 0.398 e. The van der Waals surface area contributed by atoms with E-state index in [-0.39, 0.29) is 5.41 Å². The monoisotopic (exact) mass is 244 g/mol. The van der Waals surface area contributed by atoms with Gasteiger partial charge in [0.05, 0.1) is 17.8 Å². The van der Waals surface area contributed by atoms with Gasteiger partial charge in [0.1, 0.15) is 0 Å². The summed E-state index contributed by atoms with van der Waals surface area (Å²) >= 11 is 0. The highest BCUT2D eigenvalue weighted by molar-refractivity contribution is 5.90. The summed E-state index contributed by atoms with van der Waals surface area (Å²) in [5.41, 5.74) is 10.0. The van der Waals surface area contributed by atoms with E-state index in [4.69, 9.17) is 10.5 Å². The molecule has 0 fully saturated rings. The molecule has 96 valence electrons. The molecule has 0 amide bonds. The second-order valence-electron chi connectivity index (χ2n) is 5.62. The summed E-state index contributed by atoms with van der Waals surface area (Å²) in [6, 6.07) is 8.17. The van der Waals surface area contributed by atoms with Gasteiger partial charge in [-0.05, 0) is 29.2 Å². The quantitative estimate of drug-likeness (QED) is 0.882. The van der Waals surface area contributed by atoms with Crippen LogP contribution in [0.1, 0.15) is 32.0 Å². The Morgan fingerprint density at radius 1 is 1.22 bits per heavy atom. The summed E-state index contributed by atoms with van der Waals surface area (Å²) < 4.78 is 5.09. The first-order valence-electron chi connectivity index (χ1n) is 6.10. The van der Waals surface area contributed by atoms with Gasteiger partial charge >= 0.3 is 0 Å². The molecule has 2 rings (SSSR count). The van der Waals surface area contributed by atoms with Crippen molar-refractivity contribution in [1.82, 2.24) is 4.98 Å². The van der Waals surface area contributed by atoms with Crippen molar-refractivity contribution in [3.63, 3.8) is 0 Å². The number of methoxy groups -OCH3 is 1. The van der Waals surface area contributed by atoms with E-state index in [2.05, 4.69) is 37.9 Å². The minimum absolute atomic E-state index is 0.117. The molecule has 1 aromatic heterocycles. The Balaban J connectivity index is 2.58. The van der Waals surface area contributed by atoms with E-state index < -0.39 is 0 Å². The Labute approximate surface area is 108 Å². The molecule has 0 atom stereocenters. The minimum atomic E-state index is 0.117. The van der Waals surface area contributed by atoms with Crippen LogP contribution in [-0.2, 0) is 16.8 Å². The maximum Gasteiger partial charge on any atom is 0.0885 e. The van der Waals surface area contributed by atoms with Gasteiger partial charge in [0.15, 0.2) is 0 Å². The highest BCUT2D eigenvalue weighted by atomic mass is 16.5. The number of nitrogens with two attached hydrogens (primary N) is 1. The molecule has 3 heteroatoms. The normalized spacial score (nSPS) is 12.0. The SMILES string of the molecule is COCc1cc(N)c2cc(C(C)(C)C)ccc2n1. The topological polar surface area (TPSA) is 48.1 Å². The summed E-state index contributed by atoms with van der Waals surface area (Å²) in [7, 11) is 1.66. The fraction of sp³-hybridized carbons (Fsp3) is 0.400. The van der Waals surface area contributed by atoms with Gasteiger partial charge in [-0.15, -0.1) is 0 Å². The number of hydrogen-bond acceptors (Lipinski definition) is 3. The average molecular weight is 244 g/mol. The zero-order chi connectivity index (χ0) is 13.3. The van der Waals surface area contributed by atoms with Crippen LogP contribution >= 0.6 is 0 Å². The second-order valence-corrected chi connectivity index (χ2v) is 5.62. The first-order chi connectivity index (χ1) is 8.41. The van der Waals surface area contributed by atoms with Gasteiger partial charge in [-0.2, -0.15) is 0 Å². The first-order valence-corrected chi connectivity index (χ1v) is 6.10. The molecule has 2 N–H and O–H groups in total. The van der Waals surface area contributed by atoms with Crippen molar-refractivity contribution < 1.29 is 4.74 Å². The van der Waals surface area contributed by atoms with Gasteiger partial charge in [-0.3, -0.25) is 4.98 Å². The summed E-state index contributed by atoms with van der Waals surface area (Å²) in [4.78, 5) is 4.54. The molecule has 3 nitrogen and oxygen atoms in total. The number of hydrogen-bond donors (Lipinski definition) is 1. The summed E-state index contributed by atoms with van der Waals surface area (Å²) in [5, 5.41) is 1.02. The van der Waals surface area contributed by atoms with Crippen LogP contribution in [0.25, 0.3) is 10.9 Å². The van der Waals surface area contributed by atoms with Crippen LogP contribution < -0.4 is 5.73 Å². The van der Waals surface area contributed by atoms with Gasteiger partial charge in [0.25, 0.3) is 0 Å². The Kier molecular flexibility index (Phi) is 3.26. The molecule has 0 unspecified atom stereocenters. The van der Waals surface area contributed by atoms with Crippen molar-refractivity contribution in [3.05, 3.63) is 35.5 Å². The summed E-state index contributed by atoms with van der Waals surface area (Å²) in [6.45, 7) is 7.06. The maximum atomic E-state index is 6.10. The van der Waals surface area contributed by atoms with Gasteiger partial charge in [-0.25, -0.2) is 0 Å². The molecule has 2 aromatic rings. The predicted octanol–water partition coefficient (Wildman–Crippen LogP) is 3.26. The smallest absolute Gasteiger partial charge is 0.0885 e. The molecule has 0 radical (unpaired) electrons. The highest BCUT2D eigenvalue weighted by Crippen LogP contribution is 2.28. The zero-order valence-electron chi connectivity index (χ0n) is 11.4. The molecule has 1 aromatic carbocycles. The lowest BCUT2D eigenvalue weighted by molar-refractivity contribution is 0.182. The number of rotatable bonds is 2. The third-order valence-corrected chi connectivity index (χ3v) is 3.05. The number of benzene rings is 1. The first kappa shape index (κ1) is 12.8. The van der Waals surface area contributed by atoms with Crippen molar-refractivity contribution in [2.75, 3.05) is 12.8 Å². The number of fused-ring (bicyclic) bond motifs is 1. The lowest BCUT2D eigenvalue weighted by Crippen LogP contribution is -2.11.